The van der Waals surface area contributed by atoms with Crippen molar-refractivity contribution >= 4 is 0 Å². The Kier molecular flexibility index (Phi) is 5.88. The van der Waals surface area contributed by atoms with Crippen molar-refractivity contribution in [1.82, 2.24) is 10.2 Å². The van der Waals surface area contributed by atoms with Crippen LogP contribution >= 0.6 is 0 Å². The Labute approximate surface area is 128 Å². The van der Waals surface area contributed by atoms with Crippen molar-refractivity contribution in [3.63, 3.8) is 0 Å². The summed E-state index contributed by atoms with van der Waals surface area (Å²) in [6.07, 6.45) is 2.35. The van der Waals surface area contributed by atoms with Gasteiger partial charge in [-0.3, -0.25) is 4.90 Å². The van der Waals surface area contributed by atoms with Crippen molar-refractivity contribution in [1.29, 1.82) is 0 Å². The van der Waals surface area contributed by atoms with Gasteiger partial charge in [-0.15, -0.1) is 0 Å². The Morgan fingerprint density at radius 2 is 1.76 bits per heavy atom. The summed E-state index contributed by atoms with van der Waals surface area (Å²) in [5.41, 5.74) is 1.25. The van der Waals surface area contributed by atoms with Gasteiger partial charge in [-0.1, -0.05) is 13.8 Å². The van der Waals surface area contributed by atoms with E-state index >= 15 is 0 Å². The zero-order chi connectivity index (χ0) is 15.2. The second-order valence-corrected chi connectivity index (χ2v) is 5.73. The van der Waals surface area contributed by atoms with E-state index in [1.807, 2.05) is 6.07 Å². The van der Waals surface area contributed by atoms with Gasteiger partial charge >= 0.3 is 0 Å². The molecule has 1 fully saturated rings. The molecule has 2 unspecified atom stereocenters. The van der Waals surface area contributed by atoms with E-state index in [1.54, 1.807) is 14.2 Å². The van der Waals surface area contributed by atoms with E-state index in [1.165, 1.54) is 18.4 Å². The molecule has 1 aliphatic rings. The van der Waals surface area contributed by atoms with Gasteiger partial charge in [-0.05, 0) is 30.5 Å². The molecule has 1 N–H and O–H groups in total. The number of nitrogens with zero attached hydrogens (tertiary/aromatic N) is 1. The minimum Gasteiger partial charge on any atom is -0.497 e. The molecule has 0 saturated carbocycles. The topological polar surface area (TPSA) is 33.7 Å². The number of ether oxygens (including phenoxy) is 2. The predicted molar refractivity (Wildman–Crippen MR) is 86.1 cm³/mol. The molecule has 4 heteroatoms. The first kappa shape index (κ1) is 16.1. The molecule has 1 saturated heterocycles. The Bertz CT molecular complexity index is 428. The summed E-state index contributed by atoms with van der Waals surface area (Å²) in [5.74, 6) is 1.72. The third-order valence-corrected chi connectivity index (χ3v) is 4.37. The summed E-state index contributed by atoms with van der Waals surface area (Å²) < 4.78 is 10.7. The largest absolute Gasteiger partial charge is 0.497 e. The minimum absolute atomic E-state index is 0.598. The summed E-state index contributed by atoms with van der Waals surface area (Å²) in [7, 11) is 3.40. The second kappa shape index (κ2) is 7.66. The Balaban J connectivity index is 2.14. The molecule has 118 valence electrons. The SMILES string of the molecule is CCC1CN(Cc2cc(OC)cc(OC)c2)C(CC)CN1. The molecular formula is C17H28N2O2. The van der Waals surface area contributed by atoms with Gasteiger partial charge in [0.25, 0.3) is 0 Å². The van der Waals surface area contributed by atoms with Crippen LogP contribution < -0.4 is 14.8 Å². The average Bonchev–Trinajstić information content (AvgIpc) is 2.54. The molecule has 2 rings (SSSR count). The van der Waals surface area contributed by atoms with Crippen LogP contribution in [0, 0.1) is 0 Å². The summed E-state index contributed by atoms with van der Waals surface area (Å²) in [6.45, 7) is 7.64. The lowest BCUT2D eigenvalue weighted by molar-refractivity contribution is 0.117. The summed E-state index contributed by atoms with van der Waals surface area (Å²) >= 11 is 0. The first-order valence-electron chi connectivity index (χ1n) is 7.89. The zero-order valence-corrected chi connectivity index (χ0v) is 13.7. The van der Waals surface area contributed by atoms with Gasteiger partial charge in [0.05, 0.1) is 14.2 Å². The first-order chi connectivity index (χ1) is 10.2. The highest BCUT2D eigenvalue weighted by molar-refractivity contribution is 5.38. The fourth-order valence-electron chi connectivity index (χ4n) is 2.99. The Hall–Kier alpha value is -1.26. The molecule has 0 aliphatic carbocycles. The van der Waals surface area contributed by atoms with Crippen molar-refractivity contribution in [2.75, 3.05) is 27.3 Å². The van der Waals surface area contributed by atoms with Gasteiger partial charge in [-0.2, -0.15) is 0 Å². The molecule has 0 amide bonds. The zero-order valence-electron chi connectivity index (χ0n) is 13.7. The van der Waals surface area contributed by atoms with Crippen LogP contribution in [0.25, 0.3) is 0 Å². The summed E-state index contributed by atoms with van der Waals surface area (Å²) in [5, 5.41) is 3.64. The Morgan fingerprint density at radius 3 is 2.29 bits per heavy atom. The van der Waals surface area contributed by atoms with Gasteiger partial charge in [0, 0.05) is 37.8 Å². The molecule has 21 heavy (non-hydrogen) atoms. The number of piperazine rings is 1. The summed E-state index contributed by atoms with van der Waals surface area (Å²) in [4.78, 5) is 2.58. The van der Waals surface area contributed by atoms with Gasteiger partial charge in [0.15, 0.2) is 0 Å². The lowest BCUT2D eigenvalue weighted by atomic mass is 10.0. The second-order valence-electron chi connectivity index (χ2n) is 5.73. The highest BCUT2D eigenvalue weighted by Gasteiger charge is 2.25. The van der Waals surface area contributed by atoms with Crippen molar-refractivity contribution in [3.8, 4) is 11.5 Å². The number of hydrogen-bond acceptors (Lipinski definition) is 4. The normalized spacial score (nSPS) is 23.0. The summed E-state index contributed by atoms with van der Waals surface area (Å²) in [6, 6.07) is 7.34. The van der Waals surface area contributed by atoms with E-state index in [0.717, 1.165) is 31.1 Å². The standard InChI is InChI=1S/C17H28N2O2/c1-5-14-12-19(15(6-2)10-18-14)11-13-7-16(20-3)9-17(8-13)21-4/h7-9,14-15,18H,5-6,10-12H2,1-4H3. The van der Waals surface area contributed by atoms with Crippen LogP contribution in [0.3, 0.4) is 0 Å². The maximum Gasteiger partial charge on any atom is 0.122 e. The first-order valence-corrected chi connectivity index (χ1v) is 7.89. The molecule has 0 aromatic heterocycles. The monoisotopic (exact) mass is 292 g/mol. The molecule has 1 aromatic rings. The van der Waals surface area contributed by atoms with Gasteiger partial charge in [0.1, 0.15) is 11.5 Å². The van der Waals surface area contributed by atoms with E-state index < -0.39 is 0 Å². The highest BCUT2D eigenvalue weighted by atomic mass is 16.5. The molecular weight excluding hydrogens is 264 g/mol. The predicted octanol–water partition coefficient (Wildman–Crippen LogP) is 2.67. The number of benzene rings is 1. The fraction of sp³-hybridized carbons (Fsp3) is 0.647. The smallest absolute Gasteiger partial charge is 0.122 e. The molecule has 0 bridgehead atoms. The molecule has 0 radical (unpaired) electrons. The molecule has 1 aliphatic heterocycles. The van der Waals surface area contributed by atoms with E-state index in [9.17, 15) is 0 Å². The van der Waals surface area contributed by atoms with Crippen LogP contribution in [-0.4, -0.2) is 44.3 Å². The molecule has 0 spiro atoms. The van der Waals surface area contributed by atoms with Crippen LogP contribution in [-0.2, 0) is 6.54 Å². The van der Waals surface area contributed by atoms with Gasteiger partial charge in [0.2, 0.25) is 0 Å². The highest BCUT2D eigenvalue weighted by Crippen LogP contribution is 2.25. The Morgan fingerprint density at radius 1 is 1.10 bits per heavy atom. The van der Waals surface area contributed by atoms with Crippen molar-refractivity contribution in [2.45, 2.75) is 45.3 Å². The minimum atomic E-state index is 0.598. The lowest BCUT2D eigenvalue weighted by Crippen LogP contribution is -2.55. The third kappa shape index (κ3) is 4.11. The van der Waals surface area contributed by atoms with Crippen LogP contribution in [0.4, 0.5) is 0 Å². The number of rotatable bonds is 6. The number of methoxy groups -OCH3 is 2. The van der Waals surface area contributed by atoms with Crippen molar-refractivity contribution in [3.05, 3.63) is 23.8 Å². The fourth-order valence-corrected chi connectivity index (χ4v) is 2.99. The maximum absolute atomic E-state index is 5.37. The molecule has 2 atom stereocenters. The van der Waals surface area contributed by atoms with E-state index in [-0.39, 0.29) is 0 Å². The van der Waals surface area contributed by atoms with Crippen LogP contribution in [0.15, 0.2) is 18.2 Å². The number of nitrogens with one attached hydrogen (secondary N) is 1. The quantitative estimate of drug-likeness (QED) is 0.874. The van der Waals surface area contributed by atoms with E-state index in [0.29, 0.717) is 12.1 Å². The van der Waals surface area contributed by atoms with Crippen molar-refractivity contribution in [2.24, 2.45) is 0 Å². The number of hydrogen-bond donors (Lipinski definition) is 1. The van der Waals surface area contributed by atoms with E-state index in [4.69, 9.17) is 9.47 Å². The third-order valence-electron chi connectivity index (χ3n) is 4.37. The van der Waals surface area contributed by atoms with Crippen LogP contribution in [0.5, 0.6) is 11.5 Å². The van der Waals surface area contributed by atoms with E-state index in [2.05, 4.69) is 36.2 Å². The van der Waals surface area contributed by atoms with Crippen LogP contribution in [0.1, 0.15) is 32.3 Å². The maximum atomic E-state index is 5.37. The van der Waals surface area contributed by atoms with Crippen LogP contribution in [0.2, 0.25) is 0 Å². The van der Waals surface area contributed by atoms with Gasteiger partial charge < -0.3 is 14.8 Å². The van der Waals surface area contributed by atoms with Crippen molar-refractivity contribution < 1.29 is 9.47 Å². The lowest BCUT2D eigenvalue weighted by Gasteiger charge is -2.40. The average molecular weight is 292 g/mol. The molecule has 4 nitrogen and oxygen atoms in total. The molecule has 1 heterocycles. The molecule has 1 aromatic carbocycles. The van der Waals surface area contributed by atoms with Gasteiger partial charge in [-0.25, -0.2) is 0 Å².